The van der Waals surface area contributed by atoms with Crippen LogP contribution in [0.4, 0.5) is 23.7 Å². The van der Waals surface area contributed by atoms with Gasteiger partial charge < -0.3 is 20.5 Å². The van der Waals surface area contributed by atoms with Crippen LogP contribution >= 0.6 is 0 Å². The molecule has 1 aliphatic heterocycles. The van der Waals surface area contributed by atoms with E-state index in [0.717, 1.165) is 36.6 Å². The number of nitrogens with one attached hydrogen (secondary N) is 3. The minimum Gasteiger partial charge on any atom is -0.444 e. The topological polar surface area (TPSA) is 120 Å². The number of halogens is 3. The highest BCUT2D eigenvalue weighted by Gasteiger charge is 2.40. The number of hydrogen-bond donors (Lipinski definition) is 4. The van der Waals surface area contributed by atoms with Gasteiger partial charge in [0.05, 0.1) is 23.8 Å². The van der Waals surface area contributed by atoms with Crippen LogP contribution in [0.3, 0.4) is 0 Å². The molecule has 12 heteroatoms. The van der Waals surface area contributed by atoms with E-state index in [-0.39, 0.29) is 24.2 Å². The van der Waals surface area contributed by atoms with E-state index < -0.39 is 40.8 Å². The number of carbonyl (C=O) groups is 3. The fourth-order valence-corrected chi connectivity index (χ4v) is 5.30. The summed E-state index contributed by atoms with van der Waals surface area (Å²) in [7, 11) is 0. The highest BCUT2D eigenvalue weighted by molar-refractivity contribution is 5.96. The molecule has 0 spiro atoms. The van der Waals surface area contributed by atoms with Crippen molar-refractivity contribution in [1.82, 2.24) is 15.5 Å². The maximum atomic E-state index is 12.9. The van der Waals surface area contributed by atoms with Gasteiger partial charge in [0, 0.05) is 30.4 Å². The summed E-state index contributed by atoms with van der Waals surface area (Å²) in [6.07, 6.45) is -2.39. The number of hydrogen-bond acceptors (Lipinski definition) is 6. The van der Waals surface area contributed by atoms with Gasteiger partial charge in [0.1, 0.15) is 5.60 Å². The van der Waals surface area contributed by atoms with Gasteiger partial charge in [-0.3, -0.25) is 19.8 Å². The summed E-state index contributed by atoms with van der Waals surface area (Å²) in [4.78, 5) is 38.7. The van der Waals surface area contributed by atoms with Gasteiger partial charge in [-0.25, -0.2) is 4.79 Å². The maximum absolute atomic E-state index is 12.9. The molecule has 0 unspecified atom stereocenters. The van der Waals surface area contributed by atoms with Gasteiger partial charge in [0.15, 0.2) is 0 Å². The van der Waals surface area contributed by atoms with Crippen LogP contribution in [0.5, 0.6) is 0 Å². The lowest BCUT2D eigenvalue weighted by molar-refractivity contribution is -0.137. The molecule has 0 aromatic heterocycles. The summed E-state index contributed by atoms with van der Waals surface area (Å²) in [5.74, 6) is -1.17. The van der Waals surface area contributed by atoms with Crippen LogP contribution in [-0.4, -0.2) is 65.2 Å². The van der Waals surface area contributed by atoms with E-state index in [4.69, 9.17) is 4.74 Å². The Labute approximate surface area is 256 Å². The molecular weight excluding hydrogens is 577 g/mol. The Bertz CT molecular complexity index is 1280. The molecule has 44 heavy (non-hydrogen) atoms. The van der Waals surface area contributed by atoms with Gasteiger partial charge >= 0.3 is 12.3 Å². The number of rotatable bonds is 7. The predicted molar refractivity (Wildman–Crippen MR) is 161 cm³/mol. The van der Waals surface area contributed by atoms with Crippen LogP contribution in [-0.2, 0) is 21.3 Å². The second-order valence-corrected chi connectivity index (χ2v) is 11.9. The lowest BCUT2D eigenvalue weighted by Gasteiger charge is -2.48. The number of anilines is 1. The molecule has 0 atom stereocenters. The summed E-state index contributed by atoms with van der Waals surface area (Å²) in [6, 6.07) is 11.3. The molecule has 0 radical (unpaired) electrons. The first-order valence-electron chi connectivity index (χ1n) is 14.9. The Morgan fingerprint density at radius 1 is 1.00 bits per heavy atom. The smallest absolute Gasteiger partial charge is 0.416 e. The molecule has 3 amide bonds. The number of nitrogens with zero attached hydrogens (tertiary/aromatic N) is 1. The first-order chi connectivity index (χ1) is 20.6. The highest BCUT2D eigenvalue weighted by atomic mass is 19.4. The minimum absolute atomic E-state index is 0.0891. The molecule has 4 rings (SSSR count). The number of ether oxygens (including phenoxy) is 1. The Morgan fingerprint density at radius 2 is 1.61 bits per heavy atom. The SMILES string of the molecule is CC.CC(C)(C)OC(=O)Nc1ccc(C2(O)CCC(N3CC(NC(=O)CNC(=O)c4cccc(C(F)(F)F)c4)C3)CC2)cc1. The first-order valence-corrected chi connectivity index (χ1v) is 14.9. The largest absolute Gasteiger partial charge is 0.444 e. The van der Waals surface area contributed by atoms with E-state index in [0.29, 0.717) is 31.6 Å². The predicted octanol–water partition coefficient (Wildman–Crippen LogP) is 5.44. The second-order valence-electron chi connectivity index (χ2n) is 11.9. The second kappa shape index (κ2) is 14.4. The van der Waals surface area contributed by atoms with Crippen molar-refractivity contribution >= 4 is 23.6 Å². The molecule has 242 valence electrons. The third-order valence-corrected chi connectivity index (χ3v) is 7.50. The fourth-order valence-electron chi connectivity index (χ4n) is 5.30. The lowest BCUT2D eigenvalue weighted by atomic mass is 9.76. The monoisotopic (exact) mass is 620 g/mol. The Morgan fingerprint density at radius 3 is 2.18 bits per heavy atom. The fraction of sp³-hybridized carbons (Fsp3) is 0.531. The van der Waals surface area contributed by atoms with E-state index in [9.17, 15) is 32.7 Å². The van der Waals surface area contributed by atoms with Gasteiger partial charge in [-0.05, 0) is 82.3 Å². The van der Waals surface area contributed by atoms with Crippen molar-refractivity contribution in [2.45, 2.75) is 89.8 Å². The number of alkyl halides is 3. The van der Waals surface area contributed by atoms with Crippen molar-refractivity contribution in [3.8, 4) is 0 Å². The lowest BCUT2D eigenvalue weighted by Crippen LogP contribution is -2.63. The average Bonchev–Trinajstić information content (AvgIpc) is 2.94. The highest BCUT2D eigenvalue weighted by Crippen LogP contribution is 2.40. The number of amides is 3. The van der Waals surface area contributed by atoms with Crippen LogP contribution in [0.2, 0.25) is 0 Å². The van der Waals surface area contributed by atoms with Crippen LogP contribution in [0, 0.1) is 0 Å². The molecule has 2 aromatic carbocycles. The molecular formula is C32H43F3N4O5. The molecule has 9 nitrogen and oxygen atoms in total. The average molecular weight is 621 g/mol. The number of benzene rings is 2. The summed E-state index contributed by atoms with van der Waals surface area (Å²) in [6.45, 7) is 10.3. The zero-order valence-corrected chi connectivity index (χ0v) is 25.9. The molecule has 1 saturated carbocycles. The molecule has 2 aromatic rings. The first kappa shape index (κ1) is 34.8. The van der Waals surface area contributed by atoms with Crippen LogP contribution < -0.4 is 16.0 Å². The van der Waals surface area contributed by atoms with E-state index in [1.165, 1.54) is 6.07 Å². The van der Waals surface area contributed by atoms with Crippen LogP contribution in [0.15, 0.2) is 48.5 Å². The van der Waals surface area contributed by atoms with E-state index in [2.05, 4.69) is 20.9 Å². The zero-order valence-electron chi connectivity index (χ0n) is 25.9. The van der Waals surface area contributed by atoms with Gasteiger partial charge in [-0.2, -0.15) is 13.2 Å². The normalized spacial score (nSPS) is 20.8. The quantitative estimate of drug-likeness (QED) is 0.327. The van der Waals surface area contributed by atoms with E-state index in [1.54, 1.807) is 32.9 Å². The van der Waals surface area contributed by atoms with Crippen molar-refractivity contribution in [1.29, 1.82) is 0 Å². The van der Waals surface area contributed by atoms with Crippen LogP contribution in [0.1, 0.15) is 81.8 Å². The van der Waals surface area contributed by atoms with E-state index >= 15 is 0 Å². The standard InChI is InChI=1S/C30H37F3N4O5.C2H6/c1-28(2,3)42-27(40)36-22-9-7-20(8-10-22)29(41)13-11-24(12-14-29)37-17-23(18-37)35-25(38)16-34-26(39)19-5-4-6-21(15-19)30(31,32)33;1-2/h4-10,15,23-24,41H,11-14,16-18H2,1-3H3,(H,34,39)(H,35,38)(H,36,40);1-2H3. The number of likely N-dealkylation sites (tertiary alicyclic amines) is 1. The van der Waals surface area contributed by atoms with Crippen molar-refractivity contribution in [2.75, 3.05) is 25.0 Å². The molecule has 1 saturated heterocycles. The van der Waals surface area contributed by atoms with Gasteiger partial charge in [-0.15, -0.1) is 0 Å². The third-order valence-electron chi connectivity index (χ3n) is 7.50. The summed E-state index contributed by atoms with van der Waals surface area (Å²) in [5, 5.41) is 19.2. The van der Waals surface area contributed by atoms with Crippen molar-refractivity contribution in [2.24, 2.45) is 0 Å². The molecule has 4 N–H and O–H groups in total. The minimum atomic E-state index is -4.56. The van der Waals surface area contributed by atoms with E-state index in [1.807, 2.05) is 26.0 Å². The third kappa shape index (κ3) is 9.68. The van der Waals surface area contributed by atoms with Crippen molar-refractivity contribution < 1.29 is 37.4 Å². The molecule has 1 heterocycles. The maximum Gasteiger partial charge on any atom is 0.416 e. The van der Waals surface area contributed by atoms with Crippen molar-refractivity contribution in [3.05, 3.63) is 65.2 Å². The van der Waals surface area contributed by atoms with Crippen molar-refractivity contribution in [3.63, 3.8) is 0 Å². The summed E-state index contributed by atoms with van der Waals surface area (Å²) < 4.78 is 43.9. The molecule has 2 fully saturated rings. The number of aliphatic hydroxyl groups is 1. The Kier molecular flexibility index (Phi) is 11.4. The molecule has 0 bridgehead atoms. The van der Waals surface area contributed by atoms with Gasteiger partial charge in [0.25, 0.3) is 5.91 Å². The van der Waals surface area contributed by atoms with Crippen LogP contribution in [0.25, 0.3) is 0 Å². The number of carbonyl (C=O) groups excluding carboxylic acids is 3. The summed E-state index contributed by atoms with van der Waals surface area (Å²) in [5.41, 5.74) is -1.29. The van der Waals surface area contributed by atoms with Gasteiger partial charge in [0.2, 0.25) is 5.91 Å². The molecule has 2 aliphatic rings. The Hall–Kier alpha value is -3.64. The zero-order chi connectivity index (χ0) is 32.7. The van der Waals surface area contributed by atoms with Gasteiger partial charge in [-0.1, -0.05) is 32.0 Å². The molecule has 1 aliphatic carbocycles. The summed E-state index contributed by atoms with van der Waals surface area (Å²) >= 11 is 0. The Balaban J connectivity index is 0.00000259.